The van der Waals surface area contributed by atoms with Crippen LogP contribution in [0.1, 0.15) is 75.0 Å². The Balaban J connectivity index is 0.00000116. The van der Waals surface area contributed by atoms with Gasteiger partial charge < -0.3 is 9.88 Å². The van der Waals surface area contributed by atoms with Gasteiger partial charge in [-0.2, -0.15) is 0 Å². The molecule has 8 nitrogen and oxygen atoms in total. The Morgan fingerprint density at radius 1 is 1.10 bits per heavy atom. The maximum atomic E-state index is 13.2. The summed E-state index contributed by atoms with van der Waals surface area (Å²) in [6, 6.07) is 1.99. The van der Waals surface area contributed by atoms with Crippen molar-refractivity contribution in [1.82, 2.24) is 29.8 Å². The second-order valence-corrected chi connectivity index (χ2v) is 8.68. The molecule has 2 aliphatic carbocycles. The Morgan fingerprint density at radius 3 is 2.62 bits per heavy atom. The van der Waals surface area contributed by atoms with E-state index in [1.54, 1.807) is 18.6 Å². The summed E-state index contributed by atoms with van der Waals surface area (Å²) < 4.78 is 0. The standard InChI is InChI=1S/C21H22N6O2.2H2/c28-19(14-10-23-17(24-11-14)12-1-2-12)27-8-4-13(9-21(27)5-6-21)15-3-7-22-18-16(15)25-20(29)26-18;;/h3,7,10-13H,1-2,4-6,8-9H2,(H2,22,25,26,29);2*1H. The number of nitrogens with one attached hydrogen (secondary N) is 2. The van der Waals surface area contributed by atoms with Crippen molar-refractivity contribution in [3.05, 3.63) is 52.1 Å². The number of hydrogen-bond acceptors (Lipinski definition) is 5. The van der Waals surface area contributed by atoms with E-state index in [9.17, 15) is 9.59 Å². The summed E-state index contributed by atoms with van der Waals surface area (Å²) >= 11 is 0. The fourth-order valence-corrected chi connectivity index (χ4v) is 4.85. The summed E-state index contributed by atoms with van der Waals surface area (Å²) in [6.45, 7) is 0.701. The van der Waals surface area contributed by atoms with Crippen molar-refractivity contribution < 1.29 is 7.65 Å². The lowest BCUT2D eigenvalue weighted by molar-refractivity contribution is 0.0547. The molecule has 29 heavy (non-hydrogen) atoms. The largest absolute Gasteiger partial charge is 0.333 e. The predicted octanol–water partition coefficient (Wildman–Crippen LogP) is 2.96. The first kappa shape index (κ1) is 16.9. The molecule has 1 aliphatic heterocycles. The molecule has 2 saturated carbocycles. The number of piperidine rings is 1. The average molecular weight is 394 g/mol. The van der Waals surface area contributed by atoms with Crippen molar-refractivity contribution in [2.75, 3.05) is 6.54 Å². The molecule has 0 bridgehead atoms. The summed E-state index contributed by atoms with van der Waals surface area (Å²) in [6.07, 6.45) is 11.3. The number of carbonyl (C=O) groups excluding carboxylic acids is 1. The molecular formula is C21H26N6O2. The maximum absolute atomic E-state index is 13.2. The third-order valence-corrected chi connectivity index (χ3v) is 6.73. The van der Waals surface area contributed by atoms with Crippen LogP contribution in [0.2, 0.25) is 0 Å². The van der Waals surface area contributed by atoms with Crippen molar-refractivity contribution in [2.24, 2.45) is 0 Å². The number of carbonyl (C=O) groups is 1. The van der Waals surface area contributed by atoms with E-state index in [1.807, 2.05) is 11.0 Å². The van der Waals surface area contributed by atoms with Gasteiger partial charge in [-0.05, 0) is 56.1 Å². The molecule has 6 rings (SSSR count). The molecule has 1 spiro atoms. The van der Waals surface area contributed by atoms with Gasteiger partial charge in [0.1, 0.15) is 5.82 Å². The molecule has 8 heteroatoms. The van der Waals surface area contributed by atoms with E-state index in [0.717, 1.165) is 55.4 Å². The van der Waals surface area contributed by atoms with Crippen molar-refractivity contribution in [2.45, 2.75) is 55.9 Å². The van der Waals surface area contributed by atoms with Gasteiger partial charge in [-0.3, -0.25) is 9.78 Å². The Hall–Kier alpha value is -3.03. The SMILES string of the molecule is O=C(c1cnc(C2CC2)nc1)N1CCC(c2ccnc3[nH]c(=O)[nH]c23)CC12CC2.[HH].[HH]. The lowest BCUT2D eigenvalue weighted by Gasteiger charge is -2.40. The van der Waals surface area contributed by atoms with Crippen LogP contribution < -0.4 is 5.69 Å². The van der Waals surface area contributed by atoms with Crippen LogP contribution in [0, 0.1) is 0 Å². The molecule has 0 radical (unpaired) electrons. The zero-order chi connectivity index (χ0) is 19.6. The van der Waals surface area contributed by atoms with E-state index < -0.39 is 0 Å². The monoisotopic (exact) mass is 394 g/mol. The fourth-order valence-electron chi connectivity index (χ4n) is 4.85. The van der Waals surface area contributed by atoms with Crippen LogP contribution in [0.25, 0.3) is 11.2 Å². The Bertz CT molecular complexity index is 1170. The third-order valence-electron chi connectivity index (χ3n) is 6.73. The van der Waals surface area contributed by atoms with Crippen LogP contribution in [0.15, 0.2) is 29.5 Å². The predicted molar refractivity (Wildman–Crippen MR) is 110 cm³/mol. The number of pyridine rings is 1. The average Bonchev–Trinajstić information content (AvgIpc) is 3.66. The number of likely N-dealkylation sites (tertiary alicyclic amines) is 1. The third kappa shape index (κ3) is 2.77. The highest BCUT2D eigenvalue weighted by Gasteiger charge is 2.53. The summed E-state index contributed by atoms with van der Waals surface area (Å²) in [4.78, 5) is 45.7. The van der Waals surface area contributed by atoms with Gasteiger partial charge in [-0.1, -0.05) is 0 Å². The summed E-state index contributed by atoms with van der Waals surface area (Å²) in [7, 11) is 0. The second kappa shape index (κ2) is 5.98. The van der Waals surface area contributed by atoms with Crippen LogP contribution in [0.3, 0.4) is 0 Å². The van der Waals surface area contributed by atoms with E-state index in [2.05, 4.69) is 24.9 Å². The van der Waals surface area contributed by atoms with Crippen molar-refractivity contribution >= 4 is 17.1 Å². The number of aromatic amines is 2. The number of rotatable bonds is 3. The lowest BCUT2D eigenvalue weighted by Crippen LogP contribution is -2.47. The minimum Gasteiger partial charge on any atom is -0.333 e. The molecule has 152 valence electrons. The summed E-state index contributed by atoms with van der Waals surface area (Å²) in [5.41, 5.74) is 2.78. The van der Waals surface area contributed by atoms with Crippen molar-refractivity contribution in [3.8, 4) is 0 Å². The van der Waals surface area contributed by atoms with Crippen LogP contribution in [-0.2, 0) is 0 Å². The number of hydrogen-bond donors (Lipinski definition) is 2. The number of imidazole rings is 1. The molecule has 3 aromatic heterocycles. The number of nitrogens with zero attached hydrogens (tertiary/aromatic N) is 4. The second-order valence-electron chi connectivity index (χ2n) is 8.68. The molecule has 1 amide bonds. The number of amides is 1. The maximum Gasteiger partial charge on any atom is 0.325 e. The normalized spacial score (nSPS) is 22.9. The fraction of sp³-hybridized carbons (Fsp3) is 0.476. The first-order chi connectivity index (χ1) is 14.1. The van der Waals surface area contributed by atoms with Gasteiger partial charge in [-0.15, -0.1) is 0 Å². The molecule has 0 aromatic carbocycles. The zero-order valence-electron chi connectivity index (χ0n) is 16.0. The minimum absolute atomic E-state index is 0. The van der Waals surface area contributed by atoms with Gasteiger partial charge in [0.15, 0.2) is 5.65 Å². The minimum atomic E-state index is -0.233. The van der Waals surface area contributed by atoms with Gasteiger partial charge >= 0.3 is 5.69 Å². The van der Waals surface area contributed by atoms with E-state index in [0.29, 0.717) is 29.6 Å². The molecule has 3 fully saturated rings. The first-order valence-electron chi connectivity index (χ1n) is 10.3. The van der Waals surface area contributed by atoms with E-state index >= 15 is 0 Å². The van der Waals surface area contributed by atoms with Crippen LogP contribution in [0.4, 0.5) is 0 Å². The highest BCUT2D eigenvalue weighted by atomic mass is 16.2. The first-order valence-corrected chi connectivity index (χ1v) is 10.3. The summed E-state index contributed by atoms with van der Waals surface area (Å²) in [5, 5.41) is 0. The van der Waals surface area contributed by atoms with Gasteiger partial charge in [0.25, 0.3) is 5.91 Å². The molecule has 1 saturated heterocycles. The van der Waals surface area contributed by atoms with Crippen molar-refractivity contribution in [1.29, 1.82) is 0 Å². The van der Waals surface area contributed by atoms with E-state index in [-0.39, 0.29) is 20.0 Å². The van der Waals surface area contributed by atoms with Crippen LogP contribution >= 0.6 is 0 Å². The molecular weight excluding hydrogens is 368 g/mol. The van der Waals surface area contributed by atoms with Crippen LogP contribution in [-0.4, -0.2) is 47.8 Å². The Kier molecular flexibility index (Phi) is 3.48. The molecule has 1 atom stereocenters. The number of aromatic nitrogens is 5. The molecule has 3 aliphatic rings. The lowest BCUT2D eigenvalue weighted by atomic mass is 9.83. The van der Waals surface area contributed by atoms with Gasteiger partial charge in [0, 0.05) is 39.4 Å². The summed E-state index contributed by atoms with van der Waals surface area (Å²) in [5.74, 6) is 1.69. The van der Waals surface area contributed by atoms with Gasteiger partial charge in [-0.25, -0.2) is 19.7 Å². The van der Waals surface area contributed by atoms with E-state index in [1.165, 1.54) is 0 Å². The van der Waals surface area contributed by atoms with Crippen molar-refractivity contribution in [3.63, 3.8) is 0 Å². The molecule has 4 heterocycles. The number of H-pyrrole nitrogens is 2. The molecule has 1 unspecified atom stereocenters. The van der Waals surface area contributed by atoms with Crippen LogP contribution in [0.5, 0.6) is 0 Å². The quantitative estimate of drug-likeness (QED) is 0.710. The number of fused-ring (bicyclic) bond motifs is 1. The highest BCUT2D eigenvalue weighted by molar-refractivity contribution is 5.94. The van der Waals surface area contributed by atoms with E-state index in [4.69, 9.17) is 0 Å². The van der Waals surface area contributed by atoms with Gasteiger partial charge in [0.05, 0.1) is 11.1 Å². The topological polar surface area (TPSA) is 108 Å². The van der Waals surface area contributed by atoms with Gasteiger partial charge in [0.2, 0.25) is 0 Å². The Morgan fingerprint density at radius 2 is 1.90 bits per heavy atom. The molecule has 2 N–H and O–H groups in total. The smallest absolute Gasteiger partial charge is 0.325 e. The Labute approximate surface area is 169 Å². The highest BCUT2D eigenvalue weighted by Crippen LogP contribution is 2.53. The molecule has 3 aromatic rings. The zero-order valence-corrected chi connectivity index (χ0v) is 16.0.